The van der Waals surface area contributed by atoms with Gasteiger partial charge in [0.2, 0.25) is 0 Å². The summed E-state index contributed by atoms with van der Waals surface area (Å²) in [6.45, 7) is 18.4. The summed E-state index contributed by atoms with van der Waals surface area (Å²) in [5, 5.41) is 22.2. The maximum absolute atomic E-state index is 12.6. The quantitative estimate of drug-likeness (QED) is 0.116. The van der Waals surface area contributed by atoms with Crippen LogP contribution < -0.4 is 40.2 Å². The molecule has 2 aromatic rings. The number of nitrogens with one attached hydrogen (secondary N) is 4. The number of hydrogen-bond donors (Lipinski definition) is 4. The van der Waals surface area contributed by atoms with E-state index in [9.17, 15) is 18.0 Å². The van der Waals surface area contributed by atoms with Crippen LogP contribution in [-0.2, 0) is 0 Å². The van der Waals surface area contributed by atoms with Crippen LogP contribution in [0.15, 0.2) is 54.1 Å². The van der Waals surface area contributed by atoms with Crippen molar-refractivity contribution >= 4 is 29.2 Å². The zero-order valence-electron chi connectivity index (χ0n) is 28.9. The number of urea groups is 1. The number of rotatable bonds is 7. The first-order valence-electron chi connectivity index (χ1n) is 15.3. The molecule has 0 unspecified atom stereocenters. The van der Waals surface area contributed by atoms with Crippen molar-refractivity contribution in [3.05, 3.63) is 82.4 Å². The van der Waals surface area contributed by atoms with Crippen LogP contribution in [0.2, 0.25) is 5.02 Å². The molecule has 45 heavy (non-hydrogen) atoms. The van der Waals surface area contributed by atoms with Gasteiger partial charge in [0.15, 0.2) is 0 Å². The van der Waals surface area contributed by atoms with Gasteiger partial charge in [0.1, 0.15) is 5.84 Å². The van der Waals surface area contributed by atoms with Crippen LogP contribution >= 0.6 is 11.6 Å². The molecule has 0 radical (unpaired) electrons. The summed E-state index contributed by atoms with van der Waals surface area (Å²) in [6.07, 6.45) is -0.105. The Morgan fingerprint density at radius 1 is 1.02 bits per heavy atom. The van der Waals surface area contributed by atoms with Crippen molar-refractivity contribution in [1.82, 2.24) is 15.5 Å². The van der Waals surface area contributed by atoms with Gasteiger partial charge in [-0.05, 0) is 20.0 Å². The molecule has 0 saturated heterocycles. The Labute approximate surface area is 297 Å². The fourth-order valence-electron chi connectivity index (χ4n) is 2.79. The second kappa shape index (κ2) is 31.8. The fourth-order valence-corrected chi connectivity index (χ4v) is 2.93. The van der Waals surface area contributed by atoms with Gasteiger partial charge in [0.05, 0.1) is 6.42 Å². The van der Waals surface area contributed by atoms with Gasteiger partial charge in [-0.15, -0.1) is 0 Å². The van der Waals surface area contributed by atoms with E-state index in [2.05, 4.69) is 36.6 Å². The summed E-state index contributed by atoms with van der Waals surface area (Å²) >= 11 is 5.51. The van der Waals surface area contributed by atoms with E-state index in [1.54, 1.807) is 30.3 Å². The average molecular weight is 663 g/mol. The van der Waals surface area contributed by atoms with E-state index in [1.165, 1.54) is 12.8 Å². The summed E-state index contributed by atoms with van der Waals surface area (Å²) in [6, 6.07) is 15.8. The Morgan fingerprint density at radius 2 is 1.58 bits per heavy atom. The smallest absolute Gasteiger partial charge is 0.397 e. The number of carbonyl (C=O) groups is 1. The van der Waals surface area contributed by atoms with Gasteiger partial charge in [-0.2, -0.15) is 60.7 Å². The number of hydrogen-bond acceptors (Lipinski definition) is 4. The summed E-state index contributed by atoms with van der Waals surface area (Å²) < 4.78 is 37.9. The zero-order chi connectivity index (χ0) is 34.6. The zero-order valence-corrected chi connectivity index (χ0v) is 31.7. The number of carbonyl (C=O) groups excluding carboxylic acids is 1. The second-order valence-electron chi connectivity index (χ2n) is 8.35. The number of unbranched alkanes of at least 4 members (excludes halogenated alkanes) is 1. The second-order valence-corrected chi connectivity index (χ2v) is 8.79. The van der Waals surface area contributed by atoms with Crippen molar-refractivity contribution in [1.29, 1.82) is 10.8 Å². The van der Waals surface area contributed by atoms with Crippen LogP contribution in [-0.4, -0.2) is 54.8 Å². The van der Waals surface area contributed by atoms with Gasteiger partial charge in [0, 0.05) is 12.1 Å². The average Bonchev–Trinajstić information content (AvgIpc) is 3.59. The number of halogens is 4. The van der Waals surface area contributed by atoms with E-state index < -0.39 is 25.2 Å². The standard InChI is InChI=1S/C18H21F3N5O.C6H4Cl.C4H10.3C2H6.Na/c1-12-2-4-13(5-3-12)16(23)26(9-7-18(19,20)21)17(27)25-11-15(22)14-6-8-24-10-14;7-6-4-2-1-3-5-6;1-3-4-2;3*1-2;/h2-5,22-24H,7-11H2,1H3,(H,25,27);1-2,4-5H;3-4H2,1-2H3;3*1-2H3;/q2*-1;;;;;+1. The largest absolute Gasteiger partial charge is 1.00 e. The molecule has 6 nitrogen and oxygen atoms in total. The molecule has 2 amide bonds. The molecule has 11 heteroatoms. The minimum atomic E-state index is -4.45. The molecule has 0 spiro atoms. The molecule has 0 aliphatic carbocycles. The van der Waals surface area contributed by atoms with Gasteiger partial charge in [0.25, 0.3) is 0 Å². The van der Waals surface area contributed by atoms with E-state index in [0.29, 0.717) is 24.2 Å². The van der Waals surface area contributed by atoms with Crippen LogP contribution in [0.5, 0.6) is 0 Å². The maximum atomic E-state index is 12.6. The predicted molar refractivity (Wildman–Crippen MR) is 181 cm³/mol. The topological polar surface area (TPSA) is 92.1 Å². The molecule has 0 bridgehead atoms. The molecular weight excluding hydrogens is 610 g/mol. The Hall–Kier alpha value is -2.17. The minimum Gasteiger partial charge on any atom is -0.397 e. The third kappa shape index (κ3) is 25.7. The van der Waals surface area contributed by atoms with Crippen molar-refractivity contribution in [3.63, 3.8) is 0 Å². The molecule has 3 rings (SSSR count). The molecule has 0 aromatic heterocycles. The van der Waals surface area contributed by atoms with Crippen LogP contribution in [0.3, 0.4) is 0 Å². The molecule has 0 fully saturated rings. The monoisotopic (exact) mass is 662 g/mol. The summed E-state index contributed by atoms with van der Waals surface area (Å²) in [5.41, 5.74) is 2.02. The fraction of sp³-hybridized carbons (Fsp3) is 0.500. The first-order chi connectivity index (χ1) is 21.0. The van der Waals surface area contributed by atoms with Crippen LogP contribution in [0, 0.1) is 29.9 Å². The summed E-state index contributed by atoms with van der Waals surface area (Å²) in [4.78, 5) is 13.2. The van der Waals surface area contributed by atoms with Gasteiger partial charge < -0.3 is 16.0 Å². The van der Waals surface area contributed by atoms with Crippen molar-refractivity contribution in [2.45, 2.75) is 87.8 Å². The number of aryl methyl sites for hydroxylation is 1. The van der Waals surface area contributed by atoms with Crippen LogP contribution in [0.4, 0.5) is 18.0 Å². The Bertz CT molecular complexity index is 1050. The number of alkyl halides is 3. The maximum Gasteiger partial charge on any atom is 1.00 e. The Kier molecular flexibility index (Phi) is 35.1. The summed E-state index contributed by atoms with van der Waals surface area (Å²) in [5.74, 6) is -0.323. The molecule has 250 valence electrons. The van der Waals surface area contributed by atoms with Gasteiger partial charge in [-0.3, -0.25) is 16.4 Å². The van der Waals surface area contributed by atoms with Crippen LogP contribution in [0.25, 0.3) is 0 Å². The van der Waals surface area contributed by atoms with Crippen molar-refractivity contribution < 1.29 is 47.5 Å². The molecule has 4 N–H and O–H groups in total. The molecule has 2 aromatic carbocycles. The Balaban J connectivity index is -0.000000386. The van der Waals surface area contributed by atoms with E-state index in [1.807, 2.05) is 66.7 Å². The first kappa shape index (κ1) is 49.7. The first-order valence-corrected chi connectivity index (χ1v) is 15.6. The van der Waals surface area contributed by atoms with E-state index in [-0.39, 0.29) is 47.6 Å². The molecular formula is C34H53ClF3N5NaO-. The number of nitrogens with zero attached hydrogens (tertiary/aromatic N) is 1. The molecule has 1 aliphatic rings. The van der Waals surface area contributed by atoms with E-state index >= 15 is 0 Å². The minimum absolute atomic E-state index is 0. The van der Waals surface area contributed by atoms with Crippen molar-refractivity contribution in [2.24, 2.45) is 0 Å². The third-order valence-corrected chi connectivity index (χ3v) is 5.37. The number of benzene rings is 2. The summed E-state index contributed by atoms with van der Waals surface area (Å²) in [7, 11) is 0. The Morgan fingerprint density at radius 3 is 1.96 bits per heavy atom. The molecule has 0 atom stereocenters. The van der Waals surface area contributed by atoms with Crippen molar-refractivity contribution in [2.75, 3.05) is 26.2 Å². The number of amidine groups is 1. The van der Waals surface area contributed by atoms with Crippen molar-refractivity contribution in [3.8, 4) is 0 Å². The van der Waals surface area contributed by atoms with Gasteiger partial charge in [-0.1, -0.05) is 115 Å². The van der Waals surface area contributed by atoms with E-state index in [4.69, 9.17) is 22.4 Å². The van der Waals surface area contributed by atoms with Gasteiger partial charge >= 0.3 is 41.8 Å². The normalized spacial score (nSPS) is 10.7. The SMILES string of the molecule is CC.CC.CC.CCCC.Cc1ccc(C(=N)N(CCC(F)(F)F)C(=O)NCC(=N)C2=[C-]CNC2)cc1.Clc1c[c-]ccc1.[Na+]. The molecule has 1 heterocycles. The van der Waals surface area contributed by atoms with Crippen LogP contribution in [0.1, 0.15) is 85.8 Å². The third-order valence-electron chi connectivity index (χ3n) is 5.14. The predicted octanol–water partition coefficient (Wildman–Crippen LogP) is 6.67. The number of amides is 2. The van der Waals surface area contributed by atoms with E-state index in [0.717, 1.165) is 15.5 Å². The molecule has 0 saturated carbocycles. The van der Waals surface area contributed by atoms with Gasteiger partial charge in [-0.25, -0.2) is 4.79 Å². The molecule has 1 aliphatic heterocycles.